The molecule has 2 N–H and O–H groups in total. The van der Waals surface area contributed by atoms with E-state index >= 15 is 0 Å². The quantitative estimate of drug-likeness (QED) is 0.577. The molecule has 0 amide bonds. The molecule has 0 spiro atoms. The Kier molecular flexibility index (Phi) is 3.08. The molecule has 3 heterocycles. The summed E-state index contributed by atoms with van der Waals surface area (Å²) >= 11 is 2.96. The Labute approximate surface area is 118 Å². The van der Waals surface area contributed by atoms with Gasteiger partial charge in [0.25, 0.3) is 0 Å². The summed E-state index contributed by atoms with van der Waals surface area (Å²) in [6.07, 6.45) is 0. The van der Waals surface area contributed by atoms with Gasteiger partial charge in [-0.25, -0.2) is 19.9 Å². The standard InChI is InChI=1S/C12H11N5S2/c1-6-5-7(2)15-12(14-6)19-10-8-3-4-18-9(8)16-11(13)17-10/h3-5H,1-2H3,(H2,13,16,17). The summed E-state index contributed by atoms with van der Waals surface area (Å²) in [7, 11) is 0. The predicted octanol–water partition coefficient (Wildman–Crippen LogP) is 2.83. The summed E-state index contributed by atoms with van der Waals surface area (Å²) in [5.41, 5.74) is 7.61. The summed E-state index contributed by atoms with van der Waals surface area (Å²) in [5.74, 6) is 0.279. The fraction of sp³-hybridized carbons (Fsp3) is 0.167. The van der Waals surface area contributed by atoms with E-state index < -0.39 is 0 Å². The molecule has 0 atom stereocenters. The van der Waals surface area contributed by atoms with Crippen molar-refractivity contribution in [3.63, 3.8) is 0 Å². The summed E-state index contributed by atoms with van der Waals surface area (Å²) in [6, 6.07) is 3.93. The smallest absolute Gasteiger partial charge is 0.222 e. The Bertz CT molecular complexity index is 733. The average molecular weight is 289 g/mol. The first-order chi connectivity index (χ1) is 9.11. The maximum Gasteiger partial charge on any atom is 0.222 e. The van der Waals surface area contributed by atoms with Gasteiger partial charge in [-0.05, 0) is 43.1 Å². The third kappa shape index (κ3) is 2.52. The van der Waals surface area contributed by atoms with Crippen LogP contribution in [-0.2, 0) is 0 Å². The molecule has 3 aromatic heterocycles. The Hall–Kier alpha value is -1.73. The van der Waals surface area contributed by atoms with Crippen molar-refractivity contribution in [2.75, 3.05) is 5.73 Å². The molecule has 0 unspecified atom stereocenters. The zero-order chi connectivity index (χ0) is 13.4. The molecule has 0 radical (unpaired) electrons. The number of thiophene rings is 1. The Morgan fingerprint density at radius 1 is 1.11 bits per heavy atom. The molecule has 0 saturated heterocycles. The Morgan fingerprint density at radius 2 is 1.84 bits per heavy atom. The zero-order valence-electron chi connectivity index (χ0n) is 10.4. The minimum Gasteiger partial charge on any atom is -0.368 e. The van der Waals surface area contributed by atoms with E-state index in [1.54, 1.807) is 11.3 Å². The third-order valence-electron chi connectivity index (χ3n) is 2.46. The second kappa shape index (κ2) is 4.75. The van der Waals surface area contributed by atoms with Crippen LogP contribution in [0, 0.1) is 13.8 Å². The second-order valence-electron chi connectivity index (χ2n) is 4.06. The van der Waals surface area contributed by atoms with Crippen molar-refractivity contribution >= 4 is 39.3 Å². The highest BCUT2D eigenvalue weighted by atomic mass is 32.2. The van der Waals surface area contributed by atoms with E-state index in [1.165, 1.54) is 11.8 Å². The minimum atomic E-state index is 0.279. The first kappa shape index (κ1) is 12.3. The van der Waals surface area contributed by atoms with Gasteiger partial charge in [0.05, 0.1) is 0 Å². The second-order valence-corrected chi connectivity index (χ2v) is 5.91. The minimum absolute atomic E-state index is 0.279. The molecule has 3 rings (SSSR count). The number of aryl methyl sites for hydroxylation is 2. The van der Waals surface area contributed by atoms with Gasteiger partial charge in [0, 0.05) is 16.8 Å². The normalized spacial score (nSPS) is 11.1. The van der Waals surface area contributed by atoms with Gasteiger partial charge in [-0.1, -0.05) is 0 Å². The molecule has 0 aromatic carbocycles. The number of aromatic nitrogens is 4. The van der Waals surface area contributed by atoms with Crippen molar-refractivity contribution in [3.05, 3.63) is 28.9 Å². The van der Waals surface area contributed by atoms with Gasteiger partial charge in [-0.2, -0.15) is 0 Å². The number of hydrogen-bond acceptors (Lipinski definition) is 7. The van der Waals surface area contributed by atoms with E-state index in [0.29, 0.717) is 5.16 Å². The summed E-state index contributed by atoms with van der Waals surface area (Å²) in [6.45, 7) is 3.90. The lowest BCUT2D eigenvalue weighted by molar-refractivity contribution is 0.900. The van der Waals surface area contributed by atoms with E-state index in [2.05, 4.69) is 19.9 Å². The van der Waals surface area contributed by atoms with Gasteiger partial charge >= 0.3 is 0 Å². The lowest BCUT2D eigenvalue weighted by atomic mass is 10.4. The van der Waals surface area contributed by atoms with Gasteiger partial charge in [-0.3, -0.25) is 0 Å². The first-order valence-corrected chi connectivity index (χ1v) is 7.32. The number of hydrogen-bond donors (Lipinski definition) is 1. The van der Waals surface area contributed by atoms with Gasteiger partial charge < -0.3 is 5.73 Å². The van der Waals surface area contributed by atoms with Gasteiger partial charge in [0.2, 0.25) is 5.95 Å². The molecule has 5 nitrogen and oxygen atoms in total. The van der Waals surface area contributed by atoms with Crippen molar-refractivity contribution in [1.29, 1.82) is 0 Å². The molecule has 0 aliphatic carbocycles. The van der Waals surface area contributed by atoms with Crippen LogP contribution in [-0.4, -0.2) is 19.9 Å². The maximum atomic E-state index is 5.73. The maximum absolute atomic E-state index is 5.73. The highest BCUT2D eigenvalue weighted by Gasteiger charge is 2.11. The SMILES string of the molecule is Cc1cc(C)nc(Sc2nc(N)nc3sccc23)n1. The number of rotatable bonds is 2. The lowest BCUT2D eigenvalue weighted by Gasteiger charge is -2.04. The average Bonchev–Trinajstić information content (AvgIpc) is 2.75. The Morgan fingerprint density at radius 3 is 2.58 bits per heavy atom. The monoisotopic (exact) mass is 289 g/mol. The van der Waals surface area contributed by atoms with Crippen LogP contribution in [0.25, 0.3) is 10.2 Å². The molecule has 7 heteroatoms. The number of fused-ring (bicyclic) bond motifs is 1. The molecular formula is C12H11N5S2. The molecule has 19 heavy (non-hydrogen) atoms. The Balaban J connectivity index is 2.07. The van der Waals surface area contributed by atoms with Gasteiger partial charge in [-0.15, -0.1) is 11.3 Å². The molecule has 0 saturated carbocycles. The molecule has 0 aliphatic heterocycles. The van der Waals surface area contributed by atoms with Crippen LogP contribution in [0.1, 0.15) is 11.4 Å². The largest absolute Gasteiger partial charge is 0.368 e. The number of nitrogen functional groups attached to an aromatic ring is 1. The van der Waals surface area contributed by atoms with Crippen molar-refractivity contribution in [2.24, 2.45) is 0 Å². The fourth-order valence-electron chi connectivity index (χ4n) is 1.75. The van der Waals surface area contributed by atoms with Crippen molar-refractivity contribution < 1.29 is 0 Å². The fourth-order valence-corrected chi connectivity index (χ4v) is 3.55. The molecule has 96 valence electrons. The van der Waals surface area contributed by atoms with Crippen LogP contribution in [0.3, 0.4) is 0 Å². The zero-order valence-corrected chi connectivity index (χ0v) is 12.0. The van der Waals surface area contributed by atoms with Crippen LogP contribution in [0.2, 0.25) is 0 Å². The van der Waals surface area contributed by atoms with Crippen LogP contribution in [0.5, 0.6) is 0 Å². The number of nitrogens with zero attached hydrogens (tertiary/aromatic N) is 4. The van der Waals surface area contributed by atoms with Crippen LogP contribution in [0.4, 0.5) is 5.95 Å². The van der Waals surface area contributed by atoms with E-state index in [1.807, 2.05) is 31.4 Å². The summed E-state index contributed by atoms with van der Waals surface area (Å²) in [4.78, 5) is 18.2. The summed E-state index contributed by atoms with van der Waals surface area (Å²) in [5, 5.41) is 4.45. The van der Waals surface area contributed by atoms with E-state index in [9.17, 15) is 0 Å². The van der Waals surface area contributed by atoms with Crippen LogP contribution < -0.4 is 5.73 Å². The van der Waals surface area contributed by atoms with Gasteiger partial charge in [0.15, 0.2) is 5.16 Å². The van der Waals surface area contributed by atoms with Crippen LogP contribution in [0.15, 0.2) is 27.7 Å². The lowest BCUT2D eigenvalue weighted by Crippen LogP contribution is -1.97. The first-order valence-electron chi connectivity index (χ1n) is 5.62. The van der Waals surface area contributed by atoms with Gasteiger partial charge in [0.1, 0.15) is 9.86 Å². The highest BCUT2D eigenvalue weighted by molar-refractivity contribution is 7.99. The molecular weight excluding hydrogens is 278 g/mol. The summed E-state index contributed by atoms with van der Waals surface area (Å²) < 4.78 is 0. The molecule has 0 fully saturated rings. The van der Waals surface area contributed by atoms with E-state index in [4.69, 9.17) is 5.73 Å². The third-order valence-corrected chi connectivity index (χ3v) is 4.13. The topological polar surface area (TPSA) is 77.6 Å². The van der Waals surface area contributed by atoms with Crippen molar-refractivity contribution in [3.8, 4) is 0 Å². The number of anilines is 1. The predicted molar refractivity (Wildman–Crippen MR) is 77.5 cm³/mol. The highest BCUT2D eigenvalue weighted by Crippen LogP contribution is 2.32. The molecule has 0 aliphatic rings. The van der Waals surface area contributed by atoms with Crippen LogP contribution >= 0.6 is 23.1 Å². The van der Waals surface area contributed by atoms with Crippen molar-refractivity contribution in [1.82, 2.24) is 19.9 Å². The molecule has 3 aromatic rings. The molecule has 0 bridgehead atoms. The van der Waals surface area contributed by atoms with E-state index in [0.717, 1.165) is 26.6 Å². The van der Waals surface area contributed by atoms with Crippen molar-refractivity contribution in [2.45, 2.75) is 24.0 Å². The number of nitrogens with two attached hydrogens (primary N) is 1. The van der Waals surface area contributed by atoms with E-state index in [-0.39, 0.29) is 5.95 Å².